The second-order valence-corrected chi connectivity index (χ2v) is 8.96. The van der Waals surface area contributed by atoms with Crippen LogP contribution in [0.3, 0.4) is 0 Å². The monoisotopic (exact) mass is 375 g/mol. The van der Waals surface area contributed by atoms with Gasteiger partial charge in [0.25, 0.3) is 0 Å². The fraction of sp³-hybridized carbons (Fsp3) is 0.905. The highest BCUT2D eigenvalue weighted by molar-refractivity contribution is 5.78. The van der Waals surface area contributed by atoms with E-state index in [-0.39, 0.29) is 11.9 Å². The number of carbonyl (C=O) groups is 1. The van der Waals surface area contributed by atoms with Crippen LogP contribution in [-0.4, -0.2) is 97.0 Å². The molecular formula is C21H37N5O. The standard InChI is InChI=1S/C21H37N5O/c1-18(2)20(15-22)25-11-13-26(14-12-25)21(27)17-24-9-5-19(6-10-24)16-23-7-3-4-8-23/h18-20H,3-14,16-17H2,1-2H3/t20-/m0/s1. The third-order valence-electron chi connectivity index (χ3n) is 6.61. The van der Waals surface area contributed by atoms with Crippen LogP contribution < -0.4 is 0 Å². The van der Waals surface area contributed by atoms with E-state index in [0.29, 0.717) is 12.5 Å². The molecule has 3 aliphatic rings. The van der Waals surface area contributed by atoms with Crippen LogP contribution in [0.4, 0.5) is 0 Å². The first-order valence-electron chi connectivity index (χ1n) is 10.9. The van der Waals surface area contributed by atoms with Gasteiger partial charge in [0.15, 0.2) is 0 Å². The maximum absolute atomic E-state index is 12.7. The Morgan fingerprint density at radius 1 is 0.963 bits per heavy atom. The summed E-state index contributed by atoms with van der Waals surface area (Å²) in [5.74, 6) is 1.42. The molecule has 6 nitrogen and oxygen atoms in total. The molecule has 1 amide bonds. The fourth-order valence-electron chi connectivity index (χ4n) is 4.85. The number of nitriles is 1. The Morgan fingerprint density at radius 2 is 1.59 bits per heavy atom. The van der Waals surface area contributed by atoms with E-state index < -0.39 is 0 Å². The summed E-state index contributed by atoms with van der Waals surface area (Å²) in [5.41, 5.74) is 0. The second-order valence-electron chi connectivity index (χ2n) is 8.96. The number of carbonyl (C=O) groups excluding carboxylic acids is 1. The van der Waals surface area contributed by atoms with Gasteiger partial charge in [-0.2, -0.15) is 5.26 Å². The average molecular weight is 376 g/mol. The average Bonchev–Trinajstić information content (AvgIpc) is 3.17. The van der Waals surface area contributed by atoms with E-state index in [1.807, 2.05) is 4.90 Å². The summed E-state index contributed by atoms with van der Waals surface area (Å²) < 4.78 is 0. The normalized spacial score (nSPS) is 25.0. The largest absolute Gasteiger partial charge is 0.339 e. The summed E-state index contributed by atoms with van der Waals surface area (Å²) >= 11 is 0. The first kappa shape index (κ1) is 20.6. The number of likely N-dealkylation sites (tertiary alicyclic amines) is 2. The minimum Gasteiger partial charge on any atom is -0.339 e. The van der Waals surface area contributed by atoms with Crippen molar-refractivity contribution in [3.63, 3.8) is 0 Å². The van der Waals surface area contributed by atoms with Gasteiger partial charge in [0.05, 0.1) is 12.6 Å². The van der Waals surface area contributed by atoms with E-state index >= 15 is 0 Å². The summed E-state index contributed by atoms with van der Waals surface area (Å²) in [6.45, 7) is 13.9. The van der Waals surface area contributed by atoms with Crippen LogP contribution in [0, 0.1) is 23.2 Å². The molecule has 0 aliphatic carbocycles. The molecule has 3 saturated heterocycles. The van der Waals surface area contributed by atoms with Crippen LogP contribution in [-0.2, 0) is 4.79 Å². The summed E-state index contributed by atoms with van der Waals surface area (Å²) in [5, 5.41) is 9.37. The fourth-order valence-corrected chi connectivity index (χ4v) is 4.85. The number of piperazine rings is 1. The number of hydrogen-bond acceptors (Lipinski definition) is 5. The molecule has 0 unspecified atom stereocenters. The zero-order valence-electron chi connectivity index (χ0n) is 17.3. The van der Waals surface area contributed by atoms with E-state index in [9.17, 15) is 10.1 Å². The Labute approximate surface area is 165 Å². The zero-order chi connectivity index (χ0) is 19.2. The Morgan fingerprint density at radius 3 is 2.15 bits per heavy atom. The third-order valence-corrected chi connectivity index (χ3v) is 6.61. The highest BCUT2D eigenvalue weighted by atomic mass is 16.2. The molecule has 3 aliphatic heterocycles. The lowest BCUT2D eigenvalue weighted by atomic mass is 9.96. The molecule has 3 heterocycles. The Bertz CT molecular complexity index is 509. The molecule has 0 aromatic carbocycles. The first-order chi connectivity index (χ1) is 13.1. The predicted octanol–water partition coefficient (Wildman–Crippen LogP) is 1.49. The van der Waals surface area contributed by atoms with Gasteiger partial charge in [0.2, 0.25) is 5.91 Å². The Balaban J connectivity index is 1.36. The molecule has 0 spiro atoms. The summed E-state index contributed by atoms with van der Waals surface area (Å²) in [4.78, 5) is 21.9. The zero-order valence-corrected chi connectivity index (χ0v) is 17.3. The van der Waals surface area contributed by atoms with Crippen LogP contribution in [0.1, 0.15) is 39.5 Å². The van der Waals surface area contributed by atoms with Crippen molar-refractivity contribution in [3.8, 4) is 6.07 Å². The summed E-state index contributed by atoms with van der Waals surface area (Å²) in [6, 6.07) is 2.39. The van der Waals surface area contributed by atoms with Crippen LogP contribution >= 0.6 is 0 Å². The van der Waals surface area contributed by atoms with Gasteiger partial charge in [-0.1, -0.05) is 13.8 Å². The van der Waals surface area contributed by atoms with E-state index in [0.717, 1.165) is 45.2 Å². The van der Waals surface area contributed by atoms with Crippen molar-refractivity contribution in [3.05, 3.63) is 0 Å². The Kier molecular flexibility index (Phi) is 7.51. The smallest absolute Gasteiger partial charge is 0.236 e. The van der Waals surface area contributed by atoms with Crippen molar-refractivity contribution in [2.24, 2.45) is 11.8 Å². The molecule has 3 rings (SSSR count). The molecule has 0 aromatic rings. The number of nitrogens with zero attached hydrogens (tertiary/aromatic N) is 5. The van der Waals surface area contributed by atoms with Crippen LogP contribution in [0.25, 0.3) is 0 Å². The van der Waals surface area contributed by atoms with Gasteiger partial charge in [0.1, 0.15) is 6.04 Å². The SMILES string of the molecule is CC(C)[C@H](C#N)N1CCN(C(=O)CN2CCC(CN3CCCC3)CC2)CC1. The van der Waals surface area contributed by atoms with E-state index in [2.05, 4.69) is 34.6 Å². The van der Waals surface area contributed by atoms with Gasteiger partial charge in [-0.05, 0) is 63.7 Å². The van der Waals surface area contributed by atoms with Gasteiger partial charge in [-0.3, -0.25) is 14.6 Å². The highest BCUT2D eigenvalue weighted by Gasteiger charge is 2.29. The number of piperidine rings is 1. The van der Waals surface area contributed by atoms with Crippen molar-refractivity contribution in [2.45, 2.75) is 45.6 Å². The van der Waals surface area contributed by atoms with Crippen molar-refractivity contribution < 1.29 is 4.79 Å². The van der Waals surface area contributed by atoms with Crippen LogP contribution in [0.2, 0.25) is 0 Å². The van der Waals surface area contributed by atoms with Gasteiger partial charge < -0.3 is 9.80 Å². The summed E-state index contributed by atoms with van der Waals surface area (Å²) in [7, 11) is 0. The third kappa shape index (κ3) is 5.66. The maximum atomic E-state index is 12.7. The number of amides is 1. The molecule has 27 heavy (non-hydrogen) atoms. The second kappa shape index (κ2) is 9.86. The van der Waals surface area contributed by atoms with E-state index in [4.69, 9.17) is 0 Å². The minimum absolute atomic E-state index is 0.0307. The van der Waals surface area contributed by atoms with E-state index in [1.165, 1.54) is 45.3 Å². The van der Waals surface area contributed by atoms with Crippen molar-refractivity contribution >= 4 is 5.91 Å². The van der Waals surface area contributed by atoms with Crippen LogP contribution in [0.15, 0.2) is 0 Å². The van der Waals surface area contributed by atoms with Gasteiger partial charge in [-0.15, -0.1) is 0 Å². The van der Waals surface area contributed by atoms with Crippen molar-refractivity contribution in [2.75, 3.05) is 65.4 Å². The topological polar surface area (TPSA) is 53.8 Å². The van der Waals surface area contributed by atoms with Crippen molar-refractivity contribution in [1.82, 2.24) is 19.6 Å². The molecular weight excluding hydrogens is 338 g/mol. The molecule has 6 heteroatoms. The minimum atomic E-state index is -0.0307. The molecule has 1 atom stereocenters. The number of rotatable bonds is 6. The number of hydrogen-bond donors (Lipinski definition) is 0. The van der Waals surface area contributed by atoms with Gasteiger partial charge in [-0.25, -0.2) is 0 Å². The lowest BCUT2D eigenvalue weighted by molar-refractivity contribution is -0.134. The first-order valence-corrected chi connectivity index (χ1v) is 10.9. The van der Waals surface area contributed by atoms with Crippen LogP contribution in [0.5, 0.6) is 0 Å². The van der Waals surface area contributed by atoms with E-state index in [1.54, 1.807) is 0 Å². The van der Waals surface area contributed by atoms with Crippen molar-refractivity contribution in [1.29, 1.82) is 5.26 Å². The summed E-state index contributed by atoms with van der Waals surface area (Å²) in [6.07, 6.45) is 5.20. The quantitative estimate of drug-likeness (QED) is 0.704. The van der Waals surface area contributed by atoms with Gasteiger partial charge in [0, 0.05) is 32.7 Å². The highest BCUT2D eigenvalue weighted by Crippen LogP contribution is 2.21. The molecule has 3 fully saturated rings. The lowest BCUT2D eigenvalue weighted by Crippen LogP contribution is -2.54. The molecule has 152 valence electrons. The molecule has 0 N–H and O–H groups in total. The maximum Gasteiger partial charge on any atom is 0.236 e. The lowest BCUT2D eigenvalue weighted by Gasteiger charge is -2.39. The molecule has 0 saturated carbocycles. The molecule has 0 aromatic heterocycles. The van der Waals surface area contributed by atoms with Gasteiger partial charge >= 0.3 is 0 Å². The molecule has 0 bridgehead atoms. The molecule has 0 radical (unpaired) electrons. The Hall–Kier alpha value is -1.16. The predicted molar refractivity (Wildman–Crippen MR) is 107 cm³/mol.